The average molecular weight is 386 g/mol. The van der Waals surface area contributed by atoms with Crippen LogP contribution in [0.2, 0.25) is 0 Å². The van der Waals surface area contributed by atoms with Gasteiger partial charge in [-0.05, 0) is 63.1 Å². The number of hydrogen-bond donors (Lipinski definition) is 2. The van der Waals surface area contributed by atoms with Gasteiger partial charge in [-0.3, -0.25) is 0 Å². The Morgan fingerprint density at radius 1 is 1.15 bits per heavy atom. The predicted molar refractivity (Wildman–Crippen MR) is 107 cm³/mol. The number of rotatable bonds is 6. The van der Waals surface area contributed by atoms with Crippen molar-refractivity contribution < 1.29 is 19.4 Å². The fourth-order valence-corrected chi connectivity index (χ4v) is 3.77. The zero-order valence-corrected chi connectivity index (χ0v) is 16.6. The van der Waals surface area contributed by atoms with E-state index in [-0.39, 0.29) is 6.61 Å². The van der Waals surface area contributed by atoms with Gasteiger partial charge in [-0.1, -0.05) is 11.3 Å². The highest BCUT2D eigenvalue weighted by Crippen LogP contribution is 2.39. The summed E-state index contributed by atoms with van der Waals surface area (Å²) in [7, 11) is 0. The van der Waals surface area contributed by atoms with Crippen molar-refractivity contribution in [1.29, 1.82) is 0 Å². The molecule has 0 aliphatic carbocycles. The molecular weight excluding hydrogens is 364 g/mol. The van der Waals surface area contributed by atoms with Gasteiger partial charge in [0.2, 0.25) is 0 Å². The standard InChI is InChI=1S/C20H22N2O4S/c1-5-25-16(23)10-26-15-8-6-14(7-9-15)21-20-22-17-11(2)12(3)18(24)13(4)19(17)27-20/h6-9,24H,5,10H2,1-4H3,(H,21,22). The highest BCUT2D eigenvalue weighted by molar-refractivity contribution is 7.22. The Morgan fingerprint density at radius 2 is 1.85 bits per heavy atom. The van der Waals surface area contributed by atoms with Crippen molar-refractivity contribution in [3.63, 3.8) is 0 Å². The van der Waals surface area contributed by atoms with Gasteiger partial charge in [-0.15, -0.1) is 0 Å². The molecule has 0 unspecified atom stereocenters. The maximum absolute atomic E-state index is 11.3. The van der Waals surface area contributed by atoms with Crippen LogP contribution in [0.1, 0.15) is 23.6 Å². The van der Waals surface area contributed by atoms with E-state index in [1.165, 1.54) is 11.3 Å². The van der Waals surface area contributed by atoms with Gasteiger partial charge in [0.25, 0.3) is 0 Å². The molecule has 2 aromatic carbocycles. The summed E-state index contributed by atoms with van der Waals surface area (Å²) in [4.78, 5) is 16.0. The molecule has 0 spiro atoms. The van der Waals surface area contributed by atoms with Crippen LogP contribution in [-0.2, 0) is 9.53 Å². The Bertz CT molecular complexity index is 935. The van der Waals surface area contributed by atoms with Gasteiger partial charge in [0, 0.05) is 11.3 Å². The zero-order chi connectivity index (χ0) is 19.6. The summed E-state index contributed by atoms with van der Waals surface area (Å²) in [5.41, 5.74) is 4.46. The third-order valence-electron chi connectivity index (χ3n) is 4.36. The lowest BCUT2D eigenvalue weighted by Gasteiger charge is -2.07. The van der Waals surface area contributed by atoms with E-state index in [9.17, 15) is 9.90 Å². The lowest BCUT2D eigenvalue weighted by atomic mass is 10.0. The summed E-state index contributed by atoms with van der Waals surface area (Å²) < 4.78 is 11.2. The lowest BCUT2D eigenvalue weighted by molar-refractivity contribution is -0.145. The van der Waals surface area contributed by atoms with Crippen molar-refractivity contribution >= 4 is 38.3 Å². The molecule has 0 atom stereocenters. The molecule has 0 aliphatic heterocycles. The first-order valence-corrected chi connectivity index (χ1v) is 9.47. The molecule has 0 radical (unpaired) electrons. The molecule has 1 heterocycles. The molecule has 3 aromatic rings. The quantitative estimate of drug-likeness (QED) is 0.602. The number of nitrogens with one attached hydrogen (secondary N) is 1. The number of benzene rings is 2. The molecular formula is C20H22N2O4S. The van der Waals surface area contributed by atoms with E-state index in [1.54, 1.807) is 19.1 Å². The number of phenols is 1. The van der Waals surface area contributed by atoms with Crippen molar-refractivity contribution in [2.75, 3.05) is 18.5 Å². The summed E-state index contributed by atoms with van der Waals surface area (Å²) >= 11 is 1.50. The van der Waals surface area contributed by atoms with Gasteiger partial charge in [0.15, 0.2) is 11.7 Å². The van der Waals surface area contributed by atoms with Crippen LogP contribution in [0.25, 0.3) is 10.2 Å². The fourth-order valence-electron chi connectivity index (χ4n) is 2.73. The number of nitrogens with zero attached hydrogens (tertiary/aromatic N) is 1. The number of aryl methyl sites for hydroxylation is 2. The molecule has 0 saturated heterocycles. The number of ether oxygens (including phenoxy) is 2. The van der Waals surface area contributed by atoms with E-state index >= 15 is 0 Å². The summed E-state index contributed by atoms with van der Waals surface area (Å²) in [5, 5.41) is 14.3. The maximum atomic E-state index is 11.3. The van der Waals surface area contributed by atoms with Crippen LogP contribution >= 0.6 is 11.3 Å². The Balaban J connectivity index is 1.75. The van der Waals surface area contributed by atoms with Crippen LogP contribution in [-0.4, -0.2) is 29.3 Å². The van der Waals surface area contributed by atoms with E-state index in [2.05, 4.69) is 10.3 Å². The third-order valence-corrected chi connectivity index (χ3v) is 5.45. The van der Waals surface area contributed by atoms with Gasteiger partial charge in [0.05, 0.1) is 16.8 Å². The maximum Gasteiger partial charge on any atom is 0.344 e. The molecule has 7 heteroatoms. The molecule has 1 aromatic heterocycles. The molecule has 27 heavy (non-hydrogen) atoms. The van der Waals surface area contributed by atoms with E-state index in [1.807, 2.05) is 32.9 Å². The van der Waals surface area contributed by atoms with Crippen LogP contribution < -0.4 is 10.1 Å². The second kappa shape index (κ2) is 7.84. The number of thiazole rings is 1. The predicted octanol–water partition coefficient (Wildman–Crippen LogP) is 4.61. The monoisotopic (exact) mass is 386 g/mol. The molecule has 0 fully saturated rings. The van der Waals surface area contributed by atoms with Crippen molar-refractivity contribution in [3.8, 4) is 11.5 Å². The summed E-state index contributed by atoms with van der Waals surface area (Å²) in [6, 6.07) is 7.27. The molecule has 3 rings (SSSR count). The van der Waals surface area contributed by atoms with Crippen molar-refractivity contribution in [2.45, 2.75) is 27.7 Å². The summed E-state index contributed by atoms with van der Waals surface area (Å²) in [5.74, 6) is 0.530. The highest BCUT2D eigenvalue weighted by Gasteiger charge is 2.15. The Morgan fingerprint density at radius 3 is 2.52 bits per heavy atom. The first-order chi connectivity index (χ1) is 12.9. The molecule has 0 saturated carbocycles. The lowest BCUT2D eigenvalue weighted by Crippen LogP contribution is -2.14. The number of aromatic hydroxyl groups is 1. The Kier molecular flexibility index (Phi) is 5.51. The van der Waals surface area contributed by atoms with Crippen LogP contribution in [0.15, 0.2) is 24.3 Å². The molecule has 0 bridgehead atoms. The molecule has 2 N–H and O–H groups in total. The second-order valence-electron chi connectivity index (χ2n) is 6.16. The molecule has 142 valence electrons. The van der Waals surface area contributed by atoms with Crippen molar-refractivity contribution in [3.05, 3.63) is 41.0 Å². The normalized spacial score (nSPS) is 10.8. The number of anilines is 2. The number of esters is 1. The van der Waals surface area contributed by atoms with E-state index in [0.29, 0.717) is 18.1 Å². The number of aromatic nitrogens is 1. The van der Waals surface area contributed by atoms with Crippen LogP contribution in [0.5, 0.6) is 11.5 Å². The Labute approximate surface area is 161 Å². The van der Waals surface area contributed by atoms with Gasteiger partial charge >= 0.3 is 5.97 Å². The number of fused-ring (bicyclic) bond motifs is 1. The minimum atomic E-state index is -0.390. The number of carbonyl (C=O) groups excluding carboxylic acids is 1. The van der Waals surface area contributed by atoms with Crippen LogP contribution in [0, 0.1) is 20.8 Å². The third kappa shape index (κ3) is 3.98. The summed E-state index contributed by atoms with van der Waals surface area (Å²) in [6.07, 6.45) is 0. The topological polar surface area (TPSA) is 80.7 Å². The second-order valence-corrected chi connectivity index (χ2v) is 7.16. The van der Waals surface area contributed by atoms with E-state index < -0.39 is 5.97 Å². The molecule has 0 amide bonds. The largest absolute Gasteiger partial charge is 0.507 e. The average Bonchev–Trinajstić information content (AvgIpc) is 3.08. The fraction of sp³-hybridized carbons (Fsp3) is 0.300. The SMILES string of the molecule is CCOC(=O)COc1ccc(Nc2nc3c(C)c(C)c(O)c(C)c3s2)cc1. The molecule has 0 aliphatic rings. The Hall–Kier alpha value is -2.80. The van der Waals surface area contributed by atoms with Crippen LogP contribution in [0.3, 0.4) is 0 Å². The first-order valence-electron chi connectivity index (χ1n) is 8.65. The number of carbonyl (C=O) groups is 1. The minimum Gasteiger partial charge on any atom is -0.507 e. The van der Waals surface area contributed by atoms with E-state index in [4.69, 9.17) is 9.47 Å². The van der Waals surface area contributed by atoms with Crippen molar-refractivity contribution in [1.82, 2.24) is 4.98 Å². The molecule has 6 nitrogen and oxygen atoms in total. The highest BCUT2D eigenvalue weighted by atomic mass is 32.1. The van der Waals surface area contributed by atoms with Crippen LogP contribution in [0.4, 0.5) is 10.8 Å². The zero-order valence-electron chi connectivity index (χ0n) is 15.8. The number of hydrogen-bond acceptors (Lipinski definition) is 7. The first kappa shape index (κ1) is 19.0. The smallest absolute Gasteiger partial charge is 0.344 e. The minimum absolute atomic E-state index is 0.111. The number of phenolic OH excluding ortho intramolecular Hbond substituents is 1. The van der Waals surface area contributed by atoms with Gasteiger partial charge in [-0.2, -0.15) is 0 Å². The van der Waals surface area contributed by atoms with Crippen molar-refractivity contribution in [2.24, 2.45) is 0 Å². The van der Waals surface area contributed by atoms with E-state index in [0.717, 1.165) is 37.7 Å². The van der Waals surface area contributed by atoms with Gasteiger partial charge in [0.1, 0.15) is 11.5 Å². The summed E-state index contributed by atoms with van der Waals surface area (Å²) in [6.45, 7) is 7.76. The van der Waals surface area contributed by atoms with Gasteiger partial charge in [-0.25, -0.2) is 9.78 Å². The van der Waals surface area contributed by atoms with Gasteiger partial charge < -0.3 is 19.9 Å².